The molecule has 0 radical (unpaired) electrons. The summed E-state index contributed by atoms with van der Waals surface area (Å²) < 4.78 is 83.9. The standard InChI is InChI=1S/C26H29F6N3O4/c1-14-17(23(37)33-20-6-2-3-7-22(20)36)12-21(35(14)13-16-5-4-10-34(16)24(38)39)18-11-15(25(27,28)29)8-9-19(18)26(30,31)32/h8-9,11-12,16,20,22,36H,2-7,10,13H2,1H3,(H,33,37)(H,38,39)/t16-,20-,22-/m1/s1. The Labute approximate surface area is 220 Å². The molecule has 13 heteroatoms. The van der Waals surface area contributed by atoms with E-state index in [9.17, 15) is 46.1 Å². The molecule has 1 saturated heterocycles. The van der Waals surface area contributed by atoms with Crippen molar-refractivity contribution in [1.29, 1.82) is 0 Å². The summed E-state index contributed by atoms with van der Waals surface area (Å²) in [5, 5.41) is 22.5. The number of halogens is 6. The second kappa shape index (κ2) is 10.7. The van der Waals surface area contributed by atoms with Gasteiger partial charge in [0.15, 0.2) is 0 Å². The van der Waals surface area contributed by atoms with E-state index in [4.69, 9.17) is 0 Å². The molecule has 1 aromatic carbocycles. The van der Waals surface area contributed by atoms with Gasteiger partial charge in [0, 0.05) is 30.0 Å². The fourth-order valence-electron chi connectivity index (χ4n) is 5.53. The number of aromatic nitrogens is 1. The van der Waals surface area contributed by atoms with E-state index in [1.54, 1.807) is 0 Å². The van der Waals surface area contributed by atoms with E-state index in [1.807, 2.05) is 0 Å². The number of carbonyl (C=O) groups excluding carboxylic acids is 1. The van der Waals surface area contributed by atoms with E-state index in [0.29, 0.717) is 43.9 Å². The lowest BCUT2D eigenvalue weighted by Crippen LogP contribution is -2.45. The first-order valence-corrected chi connectivity index (χ1v) is 12.7. The number of carboxylic acid groups (broad SMARTS) is 1. The van der Waals surface area contributed by atoms with Gasteiger partial charge in [-0.05, 0) is 56.9 Å². The number of nitrogens with one attached hydrogen (secondary N) is 1. The Morgan fingerprint density at radius 2 is 1.69 bits per heavy atom. The molecular weight excluding hydrogens is 532 g/mol. The van der Waals surface area contributed by atoms with Crippen LogP contribution in [-0.4, -0.2) is 56.4 Å². The lowest BCUT2D eigenvalue weighted by molar-refractivity contribution is -0.141. The third kappa shape index (κ3) is 6.02. The number of alkyl halides is 6. The molecule has 2 fully saturated rings. The molecule has 1 aromatic heterocycles. The second-order valence-electron chi connectivity index (χ2n) is 10.1. The van der Waals surface area contributed by atoms with E-state index in [-0.39, 0.29) is 30.0 Å². The lowest BCUT2D eigenvalue weighted by atomic mass is 9.92. The fourth-order valence-corrected chi connectivity index (χ4v) is 5.53. The first-order valence-electron chi connectivity index (χ1n) is 12.7. The van der Waals surface area contributed by atoms with Gasteiger partial charge < -0.3 is 25.0 Å². The topological polar surface area (TPSA) is 94.8 Å². The molecule has 39 heavy (non-hydrogen) atoms. The average molecular weight is 562 g/mol. The zero-order chi connectivity index (χ0) is 28.7. The average Bonchev–Trinajstić information content (AvgIpc) is 3.44. The molecule has 4 rings (SSSR count). The van der Waals surface area contributed by atoms with Gasteiger partial charge in [0.05, 0.1) is 34.9 Å². The number of aliphatic hydroxyl groups excluding tert-OH is 1. The van der Waals surface area contributed by atoms with E-state index >= 15 is 0 Å². The molecule has 0 unspecified atom stereocenters. The summed E-state index contributed by atoms with van der Waals surface area (Å²) in [5.74, 6) is -0.680. The van der Waals surface area contributed by atoms with Crippen molar-refractivity contribution in [2.75, 3.05) is 6.54 Å². The number of hydrogen-bond acceptors (Lipinski definition) is 3. The Kier molecular flexibility index (Phi) is 7.93. The summed E-state index contributed by atoms with van der Waals surface area (Å²) in [6.07, 6.45) is -8.51. The minimum atomic E-state index is -5.00. The molecule has 3 N–H and O–H groups in total. The van der Waals surface area contributed by atoms with Crippen LogP contribution in [0.15, 0.2) is 24.3 Å². The molecule has 0 spiro atoms. The fraction of sp³-hybridized carbons (Fsp3) is 0.538. The summed E-state index contributed by atoms with van der Waals surface area (Å²) >= 11 is 0. The third-order valence-corrected chi connectivity index (χ3v) is 7.60. The number of carbonyl (C=O) groups is 2. The molecule has 214 valence electrons. The third-order valence-electron chi connectivity index (χ3n) is 7.60. The molecule has 1 saturated carbocycles. The van der Waals surface area contributed by atoms with Crippen molar-refractivity contribution in [1.82, 2.24) is 14.8 Å². The Morgan fingerprint density at radius 3 is 2.31 bits per heavy atom. The Balaban J connectivity index is 1.85. The van der Waals surface area contributed by atoms with Crippen LogP contribution in [0.25, 0.3) is 11.3 Å². The van der Waals surface area contributed by atoms with E-state index in [1.165, 1.54) is 11.5 Å². The summed E-state index contributed by atoms with van der Waals surface area (Å²) in [5.41, 5.74) is -3.54. The molecule has 1 aliphatic carbocycles. The monoisotopic (exact) mass is 561 g/mol. The number of rotatable bonds is 5. The summed E-state index contributed by atoms with van der Waals surface area (Å²) in [7, 11) is 0. The largest absolute Gasteiger partial charge is 0.465 e. The Morgan fingerprint density at radius 1 is 1.00 bits per heavy atom. The Hall–Kier alpha value is -3.22. The van der Waals surface area contributed by atoms with Crippen LogP contribution in [0.1, 0.15) is 65.7 Å². The highest BCUT2D eigenvalue weighted by molar-refractivity contribution is 5.97. The maximum absolute atomic E-state index is 14.0. The summed E-state index contributed by atoms with van der Waals surface area (Å²) in [6.45, 7) is 1.51. The van der Waals surface area contributed by atoms with Crippen LogP contribution < -0.4 is 5.32 Å². The van der Waals surface area contributed by atoms with Gasteiger partial charge in [-0.2, -0.15) is 26.3 Å². The van der Waals surface area contributed by atoms with Gasteiger partial charge >= 0.3 is 18.4 Å². The lowest BCUT2D eigenvalue weighted by Gasteiger charge is -2.28. The van der Waals surface area contributed by atoms with Crippen molar-refractivity contribution >= 4 is 12.0 Å². The maximum Gasteiger partial charge on any atom is 0.417 e. The molecule has 7 nitrogen and oxygen atoms in total. The van der Waals surface area contributed by atoms with Crippen LogP contribution >= 0.6 is 0 Å². The summed E-state index contributed by atoms with van der Waals surface area (Å²) in [4.78, 5) is 26.1. The molecular formula is C26H29F6N3O4. The van der Waals surface area contributed by atoms with Crippen LogP contribution in [0.2, 0.25) is 0 Å². The van der Waals surface area contributed by atoms with E-state index < -0.39 is 59.2 Å². The zero-order valence-corrected chi connectivity index (χ0v) is 21.1. The molecule has 3 atom stereocenters. The number of benzene rings is 1. The van der Waals surface area contributed by atoms with Crippen LogP contribution in [-0.2, 0) is 18.9 Å². The number of amides is 2. The molecule has 0 bridgehead atoms. The zero-order valence-electron chi connectivity index (χ0n) is 21.1. The van der Waals surface area contributed by atoms with Crippen molar-refractivity contribution in [2.24, 2.45) is 0 Å². The highest BCUT2D eigenvalue weighted by Crippen LogP contribution is 2.42. The number of hydrogen-bond donors (Lipinski definition) is 3. The van der Waals surface area contributed by atoms with Gasteiger partial charge in [-0.3, -0.25) is 4.79 Å². The van der Waals surface area contributed by atoms with Gasteiger partial charge in [0.2, 0.25) is 0 Å². The molecule has 2 aromatic rings. The van der Waals surface area contributed by atoms with Gasteiger partial charge in [0.1, 0.15) is 0 Å². The normalized spacial score (nSPS) is 22.3. The highest BCUT2D eigenvalue weighted by atomic mass is 19.4. The minimum Gasteiger partial charge on any atom is -0.465 e. The van der Waals surface area contributed by atoms with Crippen LogP contribution in [0, 0.1) is 6.92 Å². The molecule has 2 aliphatic rings. The van der Waals surface area contributed by atoms with Crippen molar-refractivity contribution in [3.8, 4) is 11.3 Å². The van der Waals surface area contributed by atoms with Gasteiger partial charge in [-0.25, -0.2) is 4.79 Å². The smallest absolute Gasteiger partial charge is 0.417 e. The van der Waals surface area contributed by atoms with E-state index in [0.717, 1.165) is 23.8 Å². The Bertz CT molecular complexity index is 1240. The quantitative estimate of drug-likeness (QED) is 0.410. The number of aliphatic hydroxyl groups is 1. The first kappa shape index (κ1) is 28.8. The number of likely N-dealkylation sites (tertiary alicyclic amines) is 1. The van der Waals surface area contributed by atoms with Gasteiger partial charge in [0.25, 0.3) is 5.91 Å². The maximum atomic E-state index is 14.0. The second-order valence-corrected chi connectivity index (χ2v) is 10.1. The minimum absolute atomic E-state index is 0.0619. The van der Waals surface area contributed by atoms with Crippen LogP contribution in [0.4, 0.5) is 31.1 Å². The first-order chi connectivity index (χ1) is 18.2. The highest BCUT2D eigenvalue weighted by Gasteiger charge is 2.39. The van der Waals surface area contributed by atoms with Crippen molar-refractivity contribution in [3.63, 3.8) is 0 Å². The van der Waals surface area contributed by atoms with Crippen molar-refractivity contribution < 1.29 is 46.1 Å². The number of nitrogens with zero attached hydrogens (tertiary/aromatic N) is 2. The summed E-state index contributed by atoms with van der Waals surface area (Å²) in [6, 6.07) is 1.02. The SMILES string of the molecule is Cc1c(C(=O)N[C@@H]2CCCC[C@H]2O)cc(-c2cc(C(F)(F)F)ccc2C(F)(F)F)n1C[C@H]1CCCN1C(=O)O. The van der Waals surface area contributed by atoms with E-state index in [2.05, 4.69) is 5.32 Å². The molecule has 2 amide bonds. The van der Waals surface area contributed by atoms with Crippen LogP contribution in [0.5, 0.6) is 0 Å². The van der Waals surface area contributed by atoms with Crippen LogP contribution in [0.3, 0.4) is 0 Å². The van der Waals surface area contributed by atoms with Crippen molar-refractivity contribution in [2.45, 2.75) is 82.5 Å². The predicted octanol–water partition coefficient (Wildman–Crippen LogP) is 5.68. The van der Waals surface area contributed by atoms with Gasteiger partial charge in [-0.15, -0.1) is 0 Å². The van der Waals surface area contributed by atoms with Crippen molar-refractivity contribution in [3.05, 3.63) is 46.6 Å². The predicted molar refractivity (Wildman–Crippen MR) is 128 cm³/mol. The molecule has 1 aliphatic heterocycles. The molecule has 2 heterocycles. The van der Waals surface area contributed by atoms with Gasteiger partial charge in [-0.1, -0.05) is 12.8 Å².